The molecule has 0 amide bonds. The lowest BCUT2D eigenvalue weighted by Crippen LogP contribution is -2.50. The summed E-state index contributed by atoms with van der Waals surface area (Å²) in [7, 11) is 0. The standard InChI is InChI=1S/C15H30N2/c1-14(2)17-12-8-9-15(13-17)16-10-6-4-3-5-7-11-16/h14-15H,3-13H2,1-2H3. The Balaban J connectivity index is 1.86. The molecule has 0 aromatic heterocycles. The van der Waals surface area contributed by atoms with Gasteiger partial charge in [0.05, 0.1) is 0 Å². The summed E-state index contributed by atoms with van der Waals surface area (Å²) in [5.41, 5.74) is 0. The van der Waals surface area contributed by atoms with Crippen LogP contribution in [0.2, 0.25) is 0 Å². The summed E-state index contributed by atoms with van der Waals surface area (Å²) in [5, 5.41) is 0. The monoisotopic (exact) mass is 238 g/mol. The summed E-state index contributed by atoms with van der Waals surface area (Å²) < 4.78 is 0. The van der Waals surface area contributed by atoms with Crippen LogP contribution in [0.3, 0.4) is 0 Å². The smallest absolute Gasteiger partial charge is 0.0223 e. The molecule has 2 nitrogen and oxygen atoms in total. The topological polar surface area (TPSA) is 6.48 Å². The molecular weight excluding hydrogens is 208 g/mol. The molecule has 1 atom stereocenters. The molecule has 2 rings (SSSR count). The molecule has 2 heterocycles. The number of piperidine rings is 1. The molecule has 2 heteroatoms. The summed E-state index contributed by atoms with van der Waals surface area (Å²) in [6.07, 6.45) is 10.1. The minimum atomic E-state index is 0.729. The maximum Gasteiger partial charge on any atom is 0.0223 e. The van der Waals surface area contributed by atoms with Gasteiger partial charge in [-0.3, -0.25) is 9.80 Å². The van der Waals surface area contributed by atoms with Crippen molar-refractivity contribution in [2.24, 2.45) is 0 Å². The van der Waals surface area contributed by atoms with Crippen molar-refractivity contribution in [1.29, 1.82) is 0 Å². The highest BCUT2D eigenvalue weighted by atomic mass is 15.2. The Labute approximate surface area is 107 Å². The van der Waals surface area contributed by atoms with Crippen molar-refractivity contribution in [3.05, 3.63) is 0 Å². The van der Waals surface area contributed by atoms with Gasteiger partial charge < -0.3 is 0 Å². The van der Waals surface area contributed by atoms with E-state index >= 15 is 0 Å². The van der Waals surface area contributed by atoms with Crippen LogP contribution in [0.1, 0.15) is 58.8 Å². The van der Waals surface area contributed by atoms with Gasteiger partial charge in [-0.1, -0.05) is 19.3 Å². The summed E-state index contributed by atoms with van der Waals surface area (Å²) in [4.78, 5) is 5.47. The zero-order valence-electron chi connectivity index (χ0n) is 11.8. The highest BCUT2D eigenvalue weighted by Gasteiger charge is 2.26. The molecule has 0 N–H and O–H groups in total. The van der Waals surface area contributed by atoms with E-state index in [0.717, 1.165) is 12.1 Å². The molecule has 0 saturated carbocycles. The number of hydrogen-bond acceptors (Lipinski definition) is 2. The van der Waals surface area contributed by atoms with Crippen molar-refractivity contribution in [2.75, 3.05) is 26.2 Å². The van der Waals surface area contributed by atoms with Gasteiger partial charge in [0.15, 0.2) is 0 Å². The van der Waals surface area contributed by atoms with Gasteiger partial charge in [-0.05, 0) is 59.2 Å². The first-order chi connectivity index (χ1) is 8.27. The molecule has 1 unspecified atom stereocenters. The van der Waals surface area contributed by atoms with Gasteiger partial charge in [0.1, 0.15) is 0 Å². The average Bonchev–Trinajstić information content (AvgIpc) is 2.28. The third-order valence-corrected chi connectivity index (χ3v) is 4.57. The first-order valence-corrected chi connectivity index (χ1v) is 7.75. The molecule has 2 aliphatic heterocycles. The van der Waals surface area contributed by atoms with Crippen LogP contribution in [0.15, 0.2) is 0 Å². The Morgan fingerprint density at radius 3 is 2.12 bits per heavy atom. The fraction of sp³-hybridized carbons (Fsp3) is 1.00. The minimum Gasteiger partial charge on any atom is -0.299 e. The quantitative estimate of drug-likeness (QED) is 0.729. The van der Waals surface area contributed by atoms with E-state index in [1.165, 1.54) is 71.1 Å². The summed E-state index contributed by atoms with van der Waals surface area (Å²) in [6, 6.07) is 1.58. The van der Waals surface area contributed by atoms with Crippen molar-refractivity contribution >= 4 is 0 Å². The van der Waals surface area contributed by atoms with Crippen LogP contribution < -0.4 is 0 Å². The lowest BCUT2D eigenvalue weighted by Gasteiger charge is -2.41. The van der Waals surface area contributed by atoms with Gasteiger partial charge in [0.2, 0.25) is 0 Å². The Bertz CT molecular complexity index is 207. The second kappa shape index (κ2) is 6.75. The molecule has 0 aromatic carbocycles. The van der Waals surface area contributed by atoms with E-state index < -0.39 is 0 Å². The van der Waals surface area contributed by atoms with Gasteiger partial charge in [-0.25, -0.2) is 0 Å². The van der Waals surface area contributed by atoms with Crippen molar-refractivity contribution in [2.45, 2.75) is 70.9 Å². The average molecular weight is 238 g/mol. The van der Waals surface area contributed by atoms with E-state index in [1.54, 1.807) is 0 Å². The molecule has 2 fully saturated rings. The van der Waals surface area contributed by atoms with Gasteiger partial charge in [0.25, 0.3) is 0 Å². The van der Waals surface area contributed by atoms with Crippen molar-refractivity contribution < 1.29 is 0 Å². The number of nitrogens with zero attached hydrogens (tertiary/aromatic N) is 2. The second-order valence-electron chi connectivity index (χ2n) is 6.19. The van der Waals surface area contributed by atoms with E-state index in [9.17, 15) is 0 Å². The fourth-order valence-corrected chi connectivity index (χ4v) is 3.39. The van der Waals surface area contributed by atoms with E-state index in [-0.39, 0.29) is 0 Å². The van der Waals surface area contributed by atoms with Crippen LogP contribution in [0, 0.1) is 0 Å². The molecule has 0 bridgehead atoms. The van der Waals surface area contributed by atoms with Gasteiger partial charge in [-0.2, -0.15) is 0 Å². The van der Waals surface area contributed by atoms with E-state index in [1.807, 2.05) is 0 Å². The normalized spacial score (nSPS) is 30.2. The number of hydrogen-bond donors (Lipinski definition) is 0. The molecule has 2 aliphatic rings. The van der Waals surface area contributed by atoms with Gasteiger partial charge in [-0.15, -0.1) is 0 Å². The summed E-state index contributed by atoms with van der Waals surface area (Å²) in [5.74, 6) is 0. The lowest BCUT2D eigenvalue weighted by molar-refractivity contribution is 0.0745. The SMILES string of the molecule is CC(C)N1CCCC(N2CCCCCCC2)C1. The zero-order chi connectivity index (χ0) is 12.1. The van der Waals surface area contributed by atoms with Gasteiger partial charge in [0, 0.05) is 18.6 Å². The van der Waals surface area contributed by atoms with E-state index in [2.05, 4.69) is 23.6 Å². The molecule has 17 heavy (non-hydrogen) atoms. The van der Waals surface area contributed by atoms with Crippen molar-refractivity contribution in [3.8, 4) is 0 Å². The van der Waals surface area contributed by atoms with Crippen molar-refractivity contribution in [1.82, 2.24) is 9.80 Å². The Morgan fingerprint density at radius 1 is 0.824 bits per heavy atom. The third-order valence-electron chi connectivity index (χ3n) is 4.57. The second-order valence-corrected chi connectivity index (χ2v) is 6.19. The third kappa shape index (κ3) is 3.96. The molecule has 0 aliphatic carbocycles. The zero-order valence-corrected chi connectivity index (χ0v) is 11.8. The first kappa shape index (κ1) is 13.4. The Hall–Kier alpha value is -0.0800. The molecule has 0 spiro atoms. The van der Waals surface area contributed by atoms with Crippen LogP contribution in [0.4, 0.5) is 0 Å². The van der Waals surface area contributed by atoms with Crippen molar-refractivity contribution in [3.63, 3.8) is 0 Å². The number of likely N-dealkylation sites (tertiary alicyclic amines) is 2. The molecule has 2 saturated heterocycles. The minimum absolute atomic E-state index is 0.729. The Kier molecular flexibility index (Phi) is 5.30. The number of rotatable bonds is 2. The molecule has 0 aromatic rings. The predicted octanol–water partition coefficient (Wildman–Crippen LogP) is 3.13. The fourth-order valence-electron chi connectivity index (χ4n) is 3.39. The summed E-state index contributed by atoms with van der Waals surface area (Å²) >= 11 is 0. The largest absolute Gasteiger partial charge is 0.299 e. The maximum atomic E-state index is 2.80. The highest BCUT2D eigenvalue weighted by Crippen LogP contribution is 2.20. The van der Waals surface area contributed by atoms with Crippen LogP contribution in [-0.2, 0) is 0 Å². The van der Waals surface area contributed by atoms with Crippen LogP contribution in [0.5, 0.6) is 0 Å². The van der Waals surface area contributed by atoms with Crippen LogP contribution in [-0.4, -0.2) is 48.1 Å². The summed E-state index contributed by atoms with van der Waals surface area (Å²) in [6.45, 7) is 10.0. The highest BCUT2D eigenvalue weighted by molar-refractivity contribution is 4.82. The Morgan fingerprint density at radius 2 is 1.47 bits per heavy atom. The van der Waals surface area contributed by atoms with Gasteiger partial charge >= 0.3 is 0 Å². The van der Waals surface area contributed by atoms with E-state index in [4.69, 9.17) is 0 Å². The van der Waals surface area contributed by atoms with E-state index in [0.29, 0.717) is 0 Å². The lowest BCUT2D eigenvalue weighted by atomic mass is 10.00. The first-order valence-electron chi connectivity index (χ1n) is 7.75. The molecule has 100 valence electrons. The molecular formula is C15H30N2. The molecule has 0 radical (unpaired) electrons. The predicted molar refractivity (Wildman–Crippen MR) is 74.4 cm³/mol. The maximum absolute atomic E-state index is 2.80. The van der Waals surface area contributed by atoms with Crippen LogP contribution in [0.25, 0.3) is 0 Å². The van der Waals surface area contributed by atoms with Crippen LogP contribution >= 0.6 is 0 Å².